The number of nitrogens with one attached hydrogen (secondary N) is 1. The van der Waals surface area contributed by atoms with Crippen LogP contribution in [0, 0.1) is 16.7 Å². The minimum Gasteiger partial charge on any atom is -0.351 e. The van der Waals surface area contributed by atoms with E-state index in [1.54, 1.807) is 6.26 Å². The maximum Gasteiger partial charge on any atom is 0.240 e. The second-order valence-corrected chi connectivity index (χ2v) is 6.29. The van der Waals surface area contributed by atoms with Crippen LogP contribution in [-0.2, 0) is 15.6 Å². The molecule has 2 unspecified atom stereocenters. The molecule has 4 nitrogen and oxygen atoms in total. The molecule has 0 spiro atoms. The zero-order valence-electron chi connectivity index (χ0n) is 11.8. The van der Waals surface area contributed by atoms with Crippen molar-refractivity contribution in [1.29, 1.82) is 5.26 Å². The molecule has 0 heterocycles. The first-order valence-electron chi connectivity index (χ1n) is 6.44. The van der Waals surface area contributed by atoms with Gasteiger partial charge in [0.2, 0.25) is 5.91 Å². The predicted molar refractivity (Wildman–Crippen MR) is 74.4 cm³/mol. The monoisotopic (exact) mass is 272 g/mol. The first-order valence-corrected chi connectivity index (χ1v) is 8.16. The van der Waals surface area contributed by atoms with Gasteiger partial charge in [0.15, 0.2) is 0 Å². The van der Waals surface area contributed by atoms with Gasteiger partial charge in [-0.3, -0.25) is 9.00 Å². The van der Waals surface area contributed by atoms with Crippen molar-refractivity contribution in [3.8, 4) is 6.07 Å². The van der Waals surface area contributed by atoms with E-state index in [1.165, 1.54) is 0 Å². The zero-order valence-corrected chi connectivity index (χ0v) is 12.6. The Hall–Kier alpha value is -0.890. The lowest BCUT2D eigenvalue weighted by Crippen LogP contribution is -2.45. The van der Waals surface area contributed by atoms with E-state index in [1.807, 2.05) is 20.8 Å². The van der Waals surface area contributed by atoms with E-state index < -0.39 is 16.2 Å². The Balaban J connectivity index is 4.76. The third kappa shape index (κ3) is 5.18. The molecule has 0 aliphatic carbocycles. The molecule has 0 radical (unpaired) electrons. The van der Waals surface area contributed by atoms with Crippen LogP contribution in [0.5, 0.6) is 0 Å². The van der Waals surface area contributed by atoms with Gasteiger partial charge in [-0.25, -0.2) is 0 Å². The van der Waals surface area contributed by atoms with Gasteiger partial charge in [0.05, 0.1) is 6.07 Å². The molecule has 0 aromatic rings. The summed E-state index contributed by atoms with van der Waals surface area (Å²) in [7, 11) is -0.946. The second-order valence-electron chi connectivity index (χ2n) is 4.81. The molecular formula is C13H24N2O2S. The van der Waals surface area contributed by atoms with Crippen molar-refractivity contribution < 1.29 is 9.00 Å². The van der Waals surface area contributed by atoms with E-state index in [0.717, 1.165) is 12.8 Å². The van der Waals surface area contributed by atoms with Crippen molar-refractivity contribution >= 4 is 16.7 Å². The van der Waals surface area contributed by atoms with E-state index in [4.69, 9.17) is 0 Å². The van der Waals surface area contributed by atoms with Crippen molar-refractivity contribution in [3.63, 3.8) is 0 Å². The summed E-state index contributed by atoms with van der Waals surface area (Å²) < 4.78 is 11.1. The quantitative estimate of drug-likeness (QED) is 0.734. The Morgan fingerprint density at radius 2 is 1.89 bits per heavy atom. The third-order valence-electron chi connectivity index (χ3n) is 2.86. The Bertz CT molecular complexity index is 330. The van der Waals surface area contributed by atoms with Crippen LogP contribution in [-0.4, -0.2) is 28.2 Å². The van der Waals surface area contributed by atoms with Crippen molar-refractivity contribution in [1.82, 2.24) is 5.32 Å². The average molecular weight is 272 g/mol. The lowest BCUT2D eigenvalue weighted by atomic mass is 9.79. The molecule has 0 saturated heterocycles. The summed E-state index contributed by atoms with van der Waals surface area (Å²) in [5, 5.41) is 12.2. The molecule has 0 rings (SSSR count). The first-order chi connectivity index (χ1) is 8.41. The minimum absolute atomic E-state index is 0.162. The van der Waals surface area contributed by atoms with Gasteiger partial charge >= 0.3 is 0 Å². The van der Waals surface area contributed by atoms with Gasteiger partial charge in [0.25, 0.3) is 0 Å². The molecule has 0 aromatic heterocycles. The molecule has 1 N–H and O–H groups in total. The van der Waals surface area contributed by atoms with Crippen LogP contribution in [0.25, 0.3) is 0 Å². The standard InChI is InChI=1S/C13H24N2O2S/c1-5-7-13(10-14,8-6-2)12(16)15-11(3)9-18(4)17/h11H,5-9H2,1-4H3,(H,15,16). The summed E-state index contributed by atoms with van der Waals surface area (Å²) in [6.45, 7) is 5.76. The summed E-state index contributed by atoms with van der Waals surface area (Å²) in [4.78, 5) is 12.2. The highest BCUT2D eigenvalue weighted by molar-refractivity contribution is 7.84. The van der Waals surface area contributed by atoms with E-state index in [-0.39, 0.29) is 11.9 Å². The fraction of sp³-hybridized carbons (Fsp3) is 0.846. The fourth-order valence-corrected chi connectivity index (χ4v) is 2.91. The number of nitrogens with zero attached hydrogens (tertiary/aromatic N) is 1. The number of hydrogen-bond acceptors (Lipinski definition) is 3. The van der Waals surface area contributed by atoms with Crippen molar-refractivity contribution in [2.45, 2.75) is 52.5 Å². The SMILES string of the molecule is CCCC(C#N)(CCC)C(=O)NC(C)CS(C)=O. The lowest BCUT2D eigenvalue weighted by Gasteiger charge is -2.26. The number of hydrogen-bond donors (Lipinski definition) is 1. The smallest absolute Gasteiger partial charge is 0.240 e. The second kappa shape index (κ2) is 8.25. The Kier molecular flexibility index (Phi) is 7.85. The Morgan fingerprint density at radius 3 is 2.22 bits per heavy atom. The molecular weight excluding hydrogens is 248 g/mol. The van der Waals surface area contributed by atoms with Gasteiger partial charge in [-0.15, -0.1) is 0 Å². The first kappa shape index (κ1) is 17.1. The highest BCUT2D eigenvalue weighted by atomic mass is 32.2. The predicted octanol–water partition coefficient (Wildman–Crippen LogP) is 1.98. The Labute approximate surface area is 113 Å². The number of carbonyl (C=O) groups is 1. The van der Waals surface area contributed by atoms with Crippen molar-refractivity contribution in [2.24, 2.45) is 5.41 Å². The highest BCUT2D eigenvalue weighted by Crippen LogP contribution is 2.29. The highest BCUT2D eigenvalue weighted by Gasteiger charge is 2.37. The average Bonchev–Trinajstić information content (AvgIpc) is 2.27. The summed E-state index contributed by atoms with van der Waals surface area (Å²) >= 11 is 0. The van der Waals surface area contributed by atoms with Crippen LogP contribution in [0.2, 0.25) is 0 Å². The van der Waals surface area contributed by atoms with Crippen LogP contribution in [0.1, 0.15) is 46.5 Å². The molecule has 0 aliphatic heterocycles. The molecule has 2 atom stereocenters. The van der Waals surface area contributed by atoms with Gasteiger partial charge in [0, 0.05) is 28.9 Å². The largest absolute Gasteiger partial charge is 0.351 e. The van der Waals surface area contributed by atoms with Crippen LogP contribution in [0.15, 0.2) is 0 Å². The van der Waals surface area contributed by atoms with E-state index in [0.29, 0.717) is 18.6 Å². The third-order valence-corrected chi connectivity index (χ3v) is 3.83. The van der Waals surface area contributed by atoms with Crippen molar-refractivity contribution in [3.05, 3.63) is 0 Å². The maximum atomic E-state index is 12.2. The van der Waals surface area contributed by atoms with Crippen LogP contribution in [0.4, 0.5) is 0 Å². The van der Waals surface area contributed by atoms with Crippen LogP contribution >= 0.6 is 0 Å². The molecule has 0 bridgehead atoms. The molecule has 0 fully saturated rings. The Morgan fingerprint density at radius 1 is 1.39 bits per heavy atom. The minimum atomic E-state index is -0.946. The van der Waals surface area contributed by atoms with Gasteiger partial charge in [-0.1, -0.05) is 26.7 Å². The lowest BCUT2D eigenvalue weighted by molar-refractivity contribution is -0.129. The molecule has 0 saturated carbocycles. The molecule has 0 aliphatic rings. The number of carbonyl (C=O) groups excluding carboxylic acids is 1. The molecule has 5 heteroatoms. The van der Waals surface area contributed by atoms with Gasteiger partial charge in [-0.2, -0.15) is 5.26 Å². The summed E-state index contributed by atoms with van der Waals surface area (Å²) in [6.07, 6.45) is 4.36. The molecule has 0 aromatic carbocycles. The summed E-state index contributed by atoms with van der Waals surface area (Å²) in [5.74, 6) is 0.206. The number of amides is 1. The topological polar surface area (TPSA) is 70.0 Å². The normalized spacial score (nSPS) is 14.6. The number of nitriles is 1. The molecule has 104 valence electrons. The summed E-state index contributed by atoms with van der Waals surface area (Å²) in [6, 6.07) is 2.03. The van der Waals surface area contributed by atoms with E-state index >= 15 is 0 Å². The van der Waals surface area contributed by atoms with Gasteiger partial charge in [-0.05, 0) is 19.8 Å². The van der Waals surface area contributed by atoms with Gasteiger partial charge in [0.1, 0.15) is 5.41 Å². The van der Waals surface area contributed by atoms with E-state index in [2.05, 4.69) is 11.4 Å². The molecule has 1 amide bonds. The summed E-state index contributed by atoms with van der Waals surface area (Å²) in [5.41, 5.74) is -0.924. The maximum absolute atomic E-state index is 12.2. The van der Waals surface area contributed by atoms with Crippen LogP contribution in [0.3, 0.4) is 0 Å². The van der Waals surface area contributed by atoms with Crippen LogP contribution < -0.4 is 5.32 Å². The van der Waals surface area contributed by atoms with Gasteiger partial charge < -0.3 is 5.32 Å². The number of rotatable bonds is 8. The zero-order chi connectivity index (χ0) is 14.2. The van der Waals surface area contributed by atoms with E-state index in [9.17, 15) is 14.3 Å². The fourth-order valence-electron chi connectivity index (χ4n) is 2.12. The molecule has 18 heavy (non-hydrogen) atoms. The van der Waals surface area contributed by atoms with Crippen molar-refractivity contribution in [2.75, 3.05) is 12.0 Å².